The zero-order valence-corrected chi connectivity index (χ0v) is 11.7. The summed E-state index contributed by atoms with van der Waals surface area (Å²) in [4.78, 5) is 11.2. The lowest BCUT2D eigenvalue weighted by atomic mass is 9.99. The fourth-order valence-corrected chi connectivity index (χ4v) is 3.23. The van der Waals surface area contributed by atoms with Gasteiger partial charge in [-0.15, -0.1) is 0 Å². The van der Waals surface area contributed by atoms with Gasteiger partial charge in [-0.2, -0.15) is 0 Å². The first-order valence-electron chi connectivity index (χ1n) is 6.90. The molecule has 102 valence electrons. The monoisotopic (exact) mass is 266 g/mol. The van der Waals surface area contributed by atoms with Gasteiger partial charge in [0.2, 0.25) is 0 Å². The van der Waals surface area contributed by atoms with E-state index in [0.29, 0.717) is 0 Å². The second-order valence-electron chi connectivity index (χ2n) is 6.10. The molecule has 2 heteroatoms. The van der Waals surface area contributed by atoms with E-state index in [9.17, 15) is 9.90 Å². The SMILES string of the molecule is CC1(C)[C@H](C(=O)O)[C@H]1c1ccc(-c2ccccc2)cc1. The molecule has 1 aliphatic carbocycles. The maximum Gasteiger partial charge on any atom is 0.307 e. The summed E-state index contributed by atoms with van der Waals surface area (Å²) in [5.41, 5.74) is 3.34. The Kier molecular flexibility index (Phi) is 2.89. The third kappa shape index (κ3) is 2.01. The summed E-state index contributed by atoms with van der Waals surface area (Å²) in [6.07, 6.45) is 0. The third-order valence-electron chi connectivity index (χ3n) is 4.47. The van der Waals surface area contributed by atoms with Crippen LogP contribution >= 0.6 is 0 Å². The van der Waals surface area contributed by atoms with E-state index in [2.05, 4.69) is 36.4 Å². The van der Waals surface area contributed by atoms with E-state index in [4.69, 9.17) is 0 Å². The van der Waals surface area contributed by atoms with Crippen LogP contribution in [0.4, 0.5) is 0 Å². The molecule has 3 rings (SSSR count). The normalized spacial score (nSPS) is 23.3. The summed E-state index contributed by atoms with van der Waals surface area (Å²) in [6, 6.07) is 18.5. The summed E-state index contributed by atoms with van der Waals surface area (Å²) in [5, 5.41) is 9.25. The predicted molar refractivity (Wildman–Crippen MR) is 79.5 cm³/mol. The summed E-state index contributed by atoms with van der Waals surface area (Å²) >= 11 is 0. The molecule has 2 nitrogen and oxygen atoms in total. The van der Waals surface area contributed by atoms with Crippen molar-refractivity contribution in [2.75, 3.05) is 0 Å². The van der Waals surface area contributed by atoms with Crippen molar-refractivity contribution in [2.45, 2.75) is 19.8 Å². The van der Waals surface area contributed by atoms with Crippen molar-refractivity contribution in [3.63, 3.8) is 0 Å². The Hall–Kier alpha value is -2.09. The third-order valence-corrected chi connectivity index (χ3v) is 4.47. The number of aliphatic carboxylic acids is 1. The van der Waals surface area contributed by atoms with Gasteiger partial charge in [0.25, 0.3) is 0 Å². The van der Waals surface area contributed by atoms with Crippen molar-refractivity contribution in [2.24, 2.45) is 11.3 Å². The van der Waals surface area contributed by atoms with Gasteiger partial charge in [0, 0.05) is 5.92 Å². The average molecular weight is 266 g/mol. The first-order valence-corrected chi connectivity index (χ1v) is 6.90. The molecule has 0 amide bonds. The van der Waals surface area contributed by atoms with Crippen LogP contribution in [0.25, 0.3) is 11.1 Å². The molecular weight excluding hydrogens is 248 g/mol. The molecule has 0 radical (unpaired) electrons. The van der Waals surface area contributed by atoms with E-state index < -0.39 is 5.97 Å². The van der Waals surface area contributed by atoms with Crippen LogP contribution < -0.4 is 0 Å². The van der Waals surface area contributed by atoms with Crippen LogP contribution in [0.5, 0.6) is 0 Å². The molecule has 0 spiro atoms. The van der Waals surface area contributed by atoms with Gasteiger partial charge in [-0.25, -0.2) is 0 Å². The van der Waals surface area contributed by atoms with Gasteiger partial charge in [-0.3, -0.25) is 4.79 Å². The van der Waals surface area contributed by atoms with Crippen LogP contribution in [0, 0.1) is 11.3 Å². The lowest BCUT2D eigenvalue weighted by Gasteiger charge is -2.05. The maximum absolute atomic E-state index is 11.2. The molecule has 0 aliphatic heterocycles. The first kappa shape index (κ1) is 12.9. The second kappa shape index (κ2) is 4.48. The number of carboxylic acid groups (broad SMARTS) is 1. The van der Waals surface area contributed by atoms with Gasteiger partial charge < -0.3 is 5.11 Å². The summed E-state index contributed by atoms with van der Waals surface area (Å²) in [7, 11) is 0. The lowest BCUT2D eigenvalue weighted by Crippen LogP contribution is -2.03. The van der Waals surface area contributed by atoms with E-state index >= 15 is 0 Å². The van der Waals surface area contributed by atoms with Crippen molar-refractivity contribution in [1.29, 1.82) is 0 Å². The quantitative estimate of drug-likeness (QED) is 0.905. The fraction of sp³-hybridized carbons (Fsp3) is 0.278. The number of benzene rings is 2. The fourth-order valence-electron chi connectivity index (χ4n) is 3.23. The van der Waals surface area contributed by atoms with Gasteiger partial charge >= 0.3 is 5.97 Å². The number of hydrogen-bond donors (Lipinski definition) is 1. The average Bonchev–Trinajstić information content (AvgIpc) is 3.03. The molecule has 1 fully saturated rings. The van der Waals surface area contributed by atoms with Gasteiger partial charge in [0.1, 0.15) is 0 Å². The van der Waals surface area contributed by atoms with E-state index in [1.165, 1.54) is 11.1 Å². The molecule has 0 heterocycles. The van der Waals surface area contributed by atoms with Crippen molar-refractivity contribution in [3.8, 4) is 11.1 Å². The van der Waals surface area contributed by atoms with Crippen molar-refractivity contribution >= 4 is 5.97 Å². The standard InChI is InChI=1S/C18H18O2/c1-18(2)15(16(18)17(19)20)14-10-8-13(9-11-14)12-6-4-3-5-7-12/h3-11,15-16H,1-2H3,(H,19,20)/t15-,16+/m1/s1. The number of rotatable bonds is 3. The molecule has 2 atom stereocenters. The van der Waals surface area contributed by atoms with Crippen LogP contribution in [0.15, 0.2) is 54.6 Å². The molecule has 0 bridgehead atoms. The molecule has 0 unspecified atom stereocenters. The summed E-state index contributed by atoms with van der Waals surface area (Å²) in [5.74, 6) is -0.818. The molecule has 0 aromatic heterocycles. The minimum Gasteiger partial charge on any atom is -0.481 e. The first-order chi connectivity index (χ1) is 9.51. The van der Waals surface area contributed by atoms with Crippen molar-refractivity contribution in [3.05, 3.63) is 60.2 Å². The molecule has 2 aromatic rings. The minimum absolute atomic E-state index is 0.129. The Balaban J connectivity index is 1.87. The molecule has 0 saturated heterocycles. The van der Waals surface area contributed by atoms with Crippen LogP contribution in [-0.2, 0) is 4.79 Å². The zero-order chi connectivity index (χ0) is 14.3. The van der Waals surface area contributed by atoms with Crippen molar-refractivity contribution in [1.82, 2.24) is 0 Å². The Bertz CT molecular complexity index is 626. The highest BCUT2D eigenvalue weighted by atomic mass is 16.4. The zero-order valence-electron chi connectivity index (χ0n) is 11.7. The van der Waals surface area contributed by atoms with Crippen LogP contribution in [0.3, 0.4) is 0 Å². The van der Waals surface area contributed by atoms with E-state index in [1.54, 1.807) is 0 Å². The summed E-state index contributed by atoms with van der Waals surface area (Å²) < 4.78 is 0. The van der Waals surface area contributed by atoms with Gasteiger partial charge in [-0.05, 0) is 22.1 Å². The number of hydrogen-bond acceptors (Lipinski definition) is 1. The van der Waals surface area contributed by atoms with Crippen molar-refractivity contribution < 1.29 is 9.90 Å². The Labute approximate surface area is 119 Å². The predicted octanol–water partition coefficient (Wildman–Crippen LogP) is 4.18. The van der Waals surface area contributed by atoms with Gasteiger partial charge in [-0.1, -0.05) is 68.4 Å². The van der Waals surface area contributed by atoms with Crippen LogP contribution in [0.2, 0.25) is 0 Å². The highest BCUT2D eigenvalue weighted by Crippen LogP contribution is 2.64. The number of carboxylic acids is 1. The van der Waals surface area contributed by atoms with E-state index in [-0.39, 0.29) is 17.3 Å². The molecule has 1 N–H and O–H groups in total. The topological polar surface area (TPSA) is 37.3 Å². The second-order valence-corrected chi connectivity index (χ2v) is 6.10. The molecular formula is C18H18O2. The highest BCUT2D eigenvalue weighted by Gasteiger charge is 2.62. The summed E-state index contributed by atoms with van der Waals surface area (Å²) in [6.45, 7) is 4.06. The van der Waals surface area contributed by atoms with Crippen LogP contribution in [-0.4, -0.2) is 11.1 Å². The van der Waals surface area contributed by atoms with E-state index in [1.807, 2.05) is 32.0 Å². The van der Waals surface area contributed by atoms with Gasteiger partial charge in [0.05, 0.1) is 5.92 Å². The largest absolute Gasteiger partial charge is 0.481 e. The maximum atomic E-state index is 11.2. The van der Waals surface area contributed by atoms with E-state index in [0.717, 1.165) is 5.56 Å². The lowest BCUT2D eigenvalue weighted by molar-refractivity contribution is -0.139. The van der Waals surface area contributed by atoms with Crippen LogP contribution in [0.1, 0.15) is 25.3 Å². The molecule has 20 heavy (non-hydrogen) atoms. The molecule has 2 aromatic carbocycles. The Morgan fingerprint density at radius 2 is 1.50 bits per heavy atom. The van der Waals surface area contributed by atoms with Gasteiger partial charge in [0.15, 0.2) is 0 Å². The highest BCUT2D eigenvalue weighted by molar-refractivity contribution is 5.77. The Morgan fingerprint density at radius 1 is 0.950 bits per heavy atom. The minimum atomic E-state index is -0.688. The molecule has 1 saturated carbocycles. The Morgan fingerprint density at radius 3 is 2.00 bits per heavy atom. The molecule has 1 aliphatic rings. The smallest absolute Gasteiger partial charge is 0.307 e. The number of carbonyl (C=O) groups is 1.